The summed E-state index contributed by atoms with van der Waals surface area (Å²) < 4.78 is 5.63. The van der Waals surface area contributed by atoms with E-state index in [2.05, 4.69) is 10.3 Å². The van der Waals surface area contributed by atoms with Crippen LogP contribution < -0.4 is 10.1 Å². The van der Waals surface area contributed by atoms with E-state index >= 15 is 0 Å². The Bertz CT molecular complexity index is 739. The Labute approximate surface area is 140 Å². The predicted octanol–water partition coefficient (Wildman–Crippen LogP) is 2.56. The summed E-state index contributed by atoms with van der Waals surface area (Å²) in [5.41, 5.74) is 0.753. The number of ether oxygens (including phenoxy) is 1. The van der Waals surface area contributed by atoms with Gasteiger partial charge in [-0.05, 0) is 50.6 Å². The minimum atomic E-state index is -1.34. The molecule has 0 spiro atoms. The van der Waals surface area contributed by atoms with Gasteiger partial charge in [-0.3, -0.25) is 9.78 Å². The van der Waals surface area contributed by atoms with Crippen LogP contribution >= 0.6 is 0 Å². The highest BCUT2D eigenvalue weighted by atomic mass is 16.5. The molecule has 6 nitrogen and oxygen atoms in total. The number of hydrogen-bond donors (Lipinski definition) is 2. The molecule has 1 amide bonds. The normalized spacial score (nSPS) is 11.0. The summed E-state index contributed by atoms with van der Waals surface area (Å²) in [6.07, 6.45) is 1.64. The fraction of sp³-hybridized carbons (Fsp3) is 0.278. The maximum Gasteiger partial charge on any atom is 0.328 e. The zero-order chi connectivity index (χ0) is 17.7. The molecule has 0 aliphatic carbocycles. The van der Waals surface area contributed by atoms with Crippen LogP contribution in [0, 0.1) is 6.92 Å². The molecule has 0 bridgehead atoms. The lowest BCUT2D eigenvalue weighted by Crippen LogP contribution is -2.49. The average molecular weight is 328 g/mol. The molecular formula is C18H20N2O4. The highest BCUT2D eigenvalue weighted by Crippen LogP contribution is 2.13. The zero-order valence-electron chi connectivity index (χ0n) is 13.9. The number of benzene rings is 1. The van der Waals surface area contributed by atoms with E-state index in [1.807, 2.05) is 25.1 Å². The summed E-state index contributed by atoms with van der Waals surface area (Å²) in [5.74, 6) is -0.897. The molecule has 2 N–H and O–H groups in total. The lowest BCUT2D eigenvalue weighted by Gasteiger charge is -2.21. The van der Waals surface area contributed by atoms with Crippen molar-refractivity contribution in [3.63, 3.8) is 0 Å². The van der Waals surface area contributed by atoms with Gasteiger partial charge in [0, 0.05) is 11.3 Å². The number of carbonyl (C=O) groups is 2. The van der Waals surface area contributed by atoms with Gasteiger partial charge in [-0.1, -0.05) is 12.1 Å². The van der Waals surface area contributed by atoms with E-state index in [4.69, 9.17) is 9.84 Å². The minimum Gasteiger partial charge on any atom is -0.487 e. The van der Waals surface area contributed by atoms with Gasteiger partial charge in [0.15, 0.2) is 0 Å². The topological polar surface area (TPSA) is 88.5 Å². The van der Waals surface area contributed by atoms with Crippen LogP contribution in [0.1, 0.15) is 35.5 Å². The molecule has 0 radical (unpaired) electrons. The van der Waals surface area contributed by atoms with E-state index in [0.717, 1.165) is 11.3 Å². The summed E-state index contributed by atoms with van der Waals surface area (Å²) >= 11 is 0. The van der Waals surface area contributed by atoms with Crippen molar-refractivity contribution in [3.05, 3.63) is 59.4 Å². The van der Waals surface area contributed by atoms with Crippen molar-refractivity contribution in [3.8, 4) is 5.75 Å². The van der Waals surface area contributed by atoms with Gasteiger partial charge in [-0.15, -0.1) is 0 Å². The summed E-state index contributed by atoms with van der Waals surface area (Å²) in [4.78, 5) is 27.5. The van der Waals surface area contributed by atoms with Crippen molar-refractivity contribution < 1.29 is 19.4 Å². The summed E-state index contributed by atoms with van der Waals surface area (Å²) in [7, 11) is 0. The van der Waals surface area contributed by atoms with Crippen molar-refractivity contribution in [1.29, 1.82) is 0 Å². The third-order valence-corrected chi connectivity index (χ3v) is 3.44. The van der Waals surface area contributed by atoms with Gasteiger partial charge >= 0.3 is 5.97 Å². The van der Waals surface area contributed by atoms with E-state index < -0.39 is 17.4 Å². The monoisotopic (exact) mass is 328 g/mol. The minimum absolute atomic E-state index is 0.286. The van der Waals surface area contributed by atoms with Crippen molar-refractivity contribution in [1.82, 2.24) is 10.3 Å². The van der Waals surface area contributed by atoms with Crippen LogP contribution in [0.15, 0.2) is 42.6 Å². The first kappa shape index (κ1) is 17.5. The molecule has 0 saturated carbocycles. The van der Waals surface area contributed by atoms with E-state index in [-0.39, 0.29) is 6.61 Å². The fourth-order valence-electron chi connectivity index (χ4n) is 1.92. The van der Waals surface area contributed by atoms with Crippen LogP contribution in [0.2, 0.25) is 0 Å². The number of carboxylic acid groups (broad SMARTS) is 1. The molecule has 1 heterocycles. The third-order valence-electron chi connectivity index (χ3n) is 3.44. The van der Waals surface area contributed by atoms with Crippen LogP contribution in [0.3, 0.4) is 0 Å². The molecule has 24 heavy (non-hydrogen) atoms. The molecule has 0 aliphatic heterocycles. The largest absolute Gasteiger partial charge is 0.487 e. The highest BCUT2D eigenvalue weighted by molar-refractivity contribution is 5.97. The van der Waals surface area contributed by atoms with Crippen molar-refractivity contribution in [2.75, 3.05) is 0 Å². The van der Waals surface area contributed by atoms with Crippen LogP contribution in [0.5, 0.6) is 5.75 Å². The number of amides is 1. The summed E-state index contributed by atoms with van der Waals surface area (Å²) in [5, 5.41) is 11.6. The van der Waals surface area contributed by atoms with Gasteiger partial charge in [0.1, 0.15) is 17.9 Å². The smallest absolute Gasteiger partial charge is 0.328 e. The predicted molar refractivity (Wildman–Crippen MR) is 88.9 cm³/mol. The average Bonchev–Trinajstić information content (AvgIpc) is 2.54. The molecule has 0 unspecified atom stereocenters. The Kier molecular flexibility index (Phi) is 5.18. The quantitative estimate of drug-likeness (QED) is 0.851. The lowest BCUT2D eigenvalue weighted by molar-refractivity contribution is -0.143. The molecule has 6 heteroatoms. The van der Waals surface area contributed by atoms with Gasteiger partial charge in [0.25, 0.3) is 5.91 Å². The van der Waals surface area contributed by atoms with Crippen LogP contribution in [-0.4, -0.2) is 27.5 Å². The second-order valence-corrected chi connectivity index (χ2v) is 6.01. The number of carbonyl (C=O) groups excluding carboxylic acids is 1. The molecule has 0 saturated heterocycles. The zero-order valence-corrected chi connectivity index (χ0v) is 13.9. The van der Waals surface area contributed by atoms with Gasteiger partial charge in [-0.2, -0.15) is 0 Å². The van der Waals surface area contributed by atoms with Gasteiger partial charge in [0.2, 0.25) is 0 Å². The first-order chi connectivity index (χ1) is 11.3. The molecule has 126 valence electrons. The van der Waals surface area contributed by atoms with E-state index in [9.17, 15) is 9.59 Å². The van der Waals surface area contributed by atoms with Crippen LogP contribution in [0.25, 0.3) is 0 Å². The van der Waals surface area contributed by atoms with Crippen LogP contribution in [-0.2, 0) is 11.4 Å². The van der Waals surface area contributed by atoms with Crippen molar-refractivity contribution in [2.45, 2.75) is 32.9 Å². The summed E-state index contributed by atoms with van der Waals surface area (Å²) in [6, 6.07) is 10.6. The second kappa shape index (κ2) is 7.12. The van der Waals surface area contributed by atoms with E-state index in [1.54, 1.807) is 24.4 Å². The van der Waals surface area contributed by atoms with Gasteiger partial charge in [0.05, 0.1) is 6.20 Å². The third kappa shape index (κ3) is 4.55. The number of hydrogen-bond acceptors (Lipinski definition) is 4. The summed E-state index contributed by atoms with van der Waals surface area (Å²) in [6.45, 7) is 5.05. The number of pyridine rings is 1. The Morgan fingerprint density at radius 3 is 2.62 bits per heavy atom. The van der Waals surface area contributed by atoms with Crippen LogP contribution in [0.4, 0.5) is 0 Å². The number of aryl methyl sites for hydroxylation is 1. The second-order valence-electron chi connectivity index (χ2n) is 6.01. The number of nitrogens with zero attached hydrogens (tertiary/aromatic N) is 1. The molecule has 2 rings (SSSR count). The van der Waals surface area contributed by atoms with E-state index in [0.29, 0.717) is 11.3 Å². The van der Waals surface area contributed by atoms with Crippen molar-refractivity contribution in [2.24, 2.45) is 0 Å². The Morgan fingerprint density at radius 1 is 1.25 bits per heavy atom. The first-order valence-corrected chi connectivity index (χ1v) is 7.48. The van der Waals surface area contributed by atoms with Crippen molar-refractivity contribution >= 4 is 11.9 Å². The number of aromatic nitrogens is 1. The molecule has 1 aromatic carbocycles. The SMILES string of the molecule is Cc1ccc(OCc2cccc(C(=O)NC(C)(C)C(=O)O)c2)cn1. The maximum atomic E-state index is 12.2. The number of aliphatic carboxylic acids is 1. The first-order valence-electron chi connectivity index (χ1n) is 7.48. The Hall–Kier alpha value is -2.89. The Balaban J connectivity index is 2.04. The number of nitrogens with one attached hydrogen (secondary N) is 1. The molecule has 0 atom stereocenters. The maximum absolute atomic E-state index is 12.2. The Morgan fingerprint density at radius 2 is 2.00 bits per heavy atom. The molecule has 0 fully saturated rings. The lowest BCUT2D eigenvalue weighted by atomic mass is 10.0. The molecule has 2 aromatic rings. The standard InChI is InChI=1S/C18H20N2O4/c1-12-7-8-15(10-19-12)24-11-13-5-4-6-14(9-13)16(21)20-18(2,3)17(22)23/h4-10H,11H2,1-3H3,(H,20,21)(H,22,23). The number of rotatable bonds is 6. The molecular weight excluding hydrogens is 308 g/mol. The fourth-order valence-corrected chi connectivity index (χ4v) is 1.92. The molecule has 0 aliphatic rings. The van der Waals surface area contributed by atoms with Gasteiger partial charge in [-0.25, -0.2) is 4.79 Å². The van der Waals surface area contributed by atoms with Gasteiger partial charge < -0.3 is 15.2 Å². The van der Waals surface area contributed by atoms with E-state index in [1.165, 1.54) is 13.8 Å². The molecule has 1 aromatic heterocycles. The highest BCUT2D eigenvalue weighted by Gasteiger charge is 2.29. The number of carboxylic acids is 1.